The molecule has 0 saturated heterocycles. The number of aromatic amines is 1. The van der Waals surface area contributed by atoms with Crippen LogP contribution in [0.5, 0.6) is 0 Å². The van der Waals surface area contributed by atoms with Crippen molar-refractivity contribution in [2.24, 2.45) is 0 Å². The van der Waals surface area contributed by atoms with Crippen LogP contribution in [0.3, 0.4) is 0 Å². The van der Waals surface area contributed by atoms with Gasteiger partial charge in [-0.25, -0.2) is 4.98 Å². The van der Waals surface area contributed by atoms with E-state index in [1.54, 1.807) is 0 Å². The summed E-state index contributed by atoms with van der Waals surface area (Å²) < 4.78 is 1.11. The predicted octanol–water partition coefficient (Wildman–Crippen LogP) is -0.709. The van der Waals surface area contributed by atoms with Gasteiger partial charge in [-0.05, 0) is 6.92 Å². The Hall–Kier alpha value is -2.18. The predicted molar refractivity (Wildman–Crippen MR) is 53.2 cm³/mol. The first-order chi connectivity index (χ1) is 7.09. The third-order valence-corrected chi connectivity index (χ3v) is 1.96. The van der Waals surface area contributed by atoms with Gasteiger partial charge in [0.2, 0.25) is 5.95 Å². The SMILES string of the molecule is CC(=O)Cn1c(N)nc2nc[nH]c2c1=O. The first kappa shape index (κ1) is 9.38. The zero-order chi connectivity index (χ0) is 11.0. The topological polar surface area (TPSA) is 107 Å². The highest BCUT2D eigenvalue weighted by atomic mass is 16.1. The highest BCUT2D eigenvalue weighted by molar-refractivity contribution is 5.76. The maximum atomic E-state index is 11.8. The van der Waals surface area contributed by atoms with Crippen LogP contribution in [0.15, 0.2) is 11.1 Å². The number of carbonyl (C=O) groups is 1. The fourth-order valence-corrected chi connectivity index (χ4v) is 1.31. The number of rotatable bonds is 2. The van der Waals surface area contributed by atoms with E-state index < -0.39 is 0 Å². The second-order valence-electron chi connectivity index (χ2n) is 3.16. The summed E-state index contributed by atoms with van der Waals surface area (Å²) in [5, 5.41) is 0. The lowest BCUT2D eigenvalue weighted by molar-refractivity contribution is -0.117. The van der Waals surface area contributed by atoms with Gasteiger partial charge in [-0.1, -0.05) is 0 Å². The molecular weight excluding hydrogens is 198 g/mol. The summed E-state index contributed by atoms with van der Waals surface area (Å²) in [5.74, 6) is -0.167. The molecule has 2 rings (SSSR count). The van der Waals surface area contributed by atoms with E-state index in [4.69, 9.17) is 5.73 Å². The van der Waals surface area contributed by atoms with Gasteiger partial charge in [0.1, 0.15) is 5.78 Å². The molecule has 2 heterocycles. The third kappa shape index (κ3) is 1.47. The van der Waals surface area contributed by atoms with Gasteiger partial charge in [0, 0.05) is 0 Å². The van der Waals surface area contributed by atoms with Crippen LogP contribution in [0.4, 0.5) is 5.95 Å². The molecule has 0 radical (unpaired) electrons. The van der Waals surface area contributed by atoms with Crippen molar-refractivity contribution < 1.29 is 4.79 Å². The molecule has 0 saturated carbocycles. The fourth-order valence-electron chi connectivity index (χ4n) is 1.31. The first-order valence-corrected chi connectivity index (χ1v) is 4.28. The van der Waals surface area contributed by atoms with E-state index >= 15 is 0 Å². The number of imidazole rings is 1. The number of ketones is 1. The fraction of sp³-hybridized carbons (Fsp3) is 0.250. The van der Waals surface area contributed by atoms with Gasteiger partial charge >= 0.3 is 0 Å². The van der Waals surface area contributed by atoms with Gasteiger partial charge in [0.15, 0.2) is 11.2 Å². The number of nitrogen functional groups attached to an aromatic ring is 1. The van der Waals surface area contributed by atoms with Gasteiger partial charge in [-0.2, -0.15) is 4.98 Å². The Morgan fingerprint density at radius 1 is 1.67 bits per heavy atom. The number of H-pyrrole nitrogens is 1. The molecule has 0 aliphatic heterocycles. The van der Waals surface area contributed by atoms with Crippen LogP contribution < -0.4 is 11.3 Å². The summed E-state index contributed by atoms with van der Waals surface area (Å²) in [4.78, 5) is 33.1. The van der Waals surface area contributed by atoms with Crippen LogP contribution in [0, 0.1) is 0 Å². The molecule has 78 valence electrons. The Bertz CT molecular complexity index is 582. The minimum Gasteiger partial charge on any atom is -0.369 e. The number of hydrogen-bond acceptors (Lipinski definition) is 5. The number of fused-ring (bicyclic) bond motifs is 1. The van der Waals surface area contributed by atoms with Crippen molar-refractivity contribution in [3.05, 3.63) is 16.7 Å². The number of Topliss-reactive ketones (excluding diaryl/α,β-unsaturated/α-hetero) is 1. The summed E-state index contributed by atoms with van der Waals surface area (Å²) in [6.07, 6.45) is 1.36. The van der Waals surface area contributed by atoms with Crippen LogP contribution in [0.1, 0.15) is 6.92 Å². The number of hydrogen-bond donors (Lipinski definition) is 2. The maximum Gasteiger partial charge on any atom is 0.281 e. The number of carbonyl (C=O) groups excluding carboxylic acids is 1. The Balaban J connectivity index is 2.72. The largest absolute Gasteiger partial charge is 0.369 e. The Labute approximate surface area is 83.9 Å². The molecule has 0 aromatic carbocycles. The van der Waals surface area contributed by atoms with Crippen molar-refractivity contribution in [2.45, 2.75) is 13.5 Å². The summed E-state index contributed by atoms with van der Waals surface area (Å²) in [5.41, 5.74) is 5.67. The minimum atomic E-state index is -0.384. The van der Waals surface area contributed by atoms with Crippen molar-refractivity contribution in [1.82, 2.24) is 19.5 Å². The van der Waals surface area contributed by atoms with E-state index in [1.807, 2.05) is 0 Å². The van der Waals surface area contributed by atoms with Crippen molar-refractivity contribution in [1.29, 1.82) is 0 Å². The summed E-state index contributed by atoms with van der Waals surface area (Å²) in [6, 6.07) is 0. The van der Waals surface area contributed by atoms with Gasteiger partial charge in [0.05, 0.1) is 12.9 Å². The molecule has 0 amide bonds. The van der Waals surface area contributed by atoms with Crippen LogP contribution in [0.25, 0.3) is 11.2 Å². The van der Waals surface area contributed by atoms with Gasteiger partial charge < -0.3 is 10.7 Å². The minimum absolute atomic E-state index is 0.00481. The zero-order valence-electron chi connectivity index (χ0n) is 8.02. The van der Waals surface area contributed by atoms with Crippen molar-refractivity contribution >= 4 is 22.9 Å². The lowest BCUT2D eigenvalue weighted by Crippen LogP contribution is -2.27. The number of anilines is 1. The average Bonchev–Trinajstić information content (AvgIpc) is 2.59. The second kappa shape index (κ2) is 3.19. The highest BCUT2D eigenvalue weighted by Gasteiger charge is 2.11. The highest BCUT2D eigenvalue weighted by Crippen LogP contribution is 2.03. The lowest BCUT2D eigenvalue weighted by atomic mass is 10.4. The molecule has 0 aliphatic carbocycles. The summed E-state index contributed by atoms with van der Waals surface area (Å²) in [6.45, 7) is 1.30. The number of nitrogens with zero attached hydrogens (tertiary/aromatic N) is 3. The third-order valence-electron chi connectivity index (χ3n) is 1.96. The molecule has 2 aromatic rings. The molecule has 15 heavy (non-hydrogen) atoms. The van der Waals surface area contributed by atoms with Crippen molar-refractivity contribution in [2.75, 3.05) is 5.73 Å². The van der Waals surface area contributed by atoms with Crippen LogP contribution in [-0.2, 0) is 11.3 Å². The van der Waals surface area contributed by atoms with Gasteiger partial charge in [0.25, 0.3) is 5.56 Å². The van der Waals surface area contributed by atoms with E-state index in [1.165, 1.54) is 13.3 Å². The summed E-state index contributed by atoms with van der Waals surface area (Å²) >= 11 is 0. The lowest BCUT2D eigenvalue weighted by Gasteiger charge is -2.05. The Kier molecular flexibility index (Phi) is 2.00. The average molecular weight is 207 g/mol. The Morgan fingerprint density at radius 2 is 2.40 bits per heavy atom. The molecule has 0 bridgehead atoms. The summed E-state index contributed by atoms with van der Waals surface area (Å²) in [7, 11) is 0. The number of aromatic nitrogens is 4. The molecule has 7 nitrogen and oxygen atoms in total. The van der Waals surface area contributed by atoms with Gasteiger partial charge in [-0.15, -0.1) is 0 Å². The number of nitrogens with two attached hydrogens (primary N) is 1. The van der Waals surface area contributed by atoms with Crippen LogP contribution in [0.2, 0.25) is 0 Å². The van der Waals surface area contributed by atoms with E-state index in [0.717, 1.165) is 4.57 Å². The monoisotopic (exact) mass is 207 g/mol. The van der Waals surface area contributed by atoms with E-state index in [9.17, 15) is 9.59 Å². The standard InChI is InChI=1S/C8H9N5O2/c1-4(14)2-13-7(15)5-6(11-3-10-5)12-8(13)9/h3H,2H2,1H3,(H2,9,12)(H,10,11). The maximum absolute atomic E-state index is 11.8. The molecule has 0 aliphatic rings. The molecule has 2 aromatic heterocycles. The van der Waals surface area contributed by atoms with Crippen molar-refractivity contribution in [3.8, 4) is 0 Å². The molecule has 7 heteroatoms. The second-order valence-corrected chi connectivity index (χ2v) is 3.16. The number of nitrogens with one attached hydrogen (secondary N) is 1. The molecule has 3 N–H and O–H groups in total. The zero-order valence-corrected chi connectivity index (χ0v) is 8.02. The van der Waals surface area contributed by atoms with Crippen LogP contribution in [-0.4, -0.2) is 25.3 Å². The van der Waals surface area contributed by atoms with E-state index in [2.05, 4.69) is 15.0 Å². The normalized spacial score (nSPS) is 10.7. The smallest absolute Gasteiger partial charge is 0.281 e. The molecule has 0 fully saturated rings. The molecule has 0 atom stereocenters. The molecule has 0 spiro atoms. The molecular formula is C8H9N5O2. The van der Waals surface area contributed by atoms with Crippen molar-refractivity contribution in [3.63, 3.8) is 0 Å². The Morgan fingerprint density at radius 3 is 3.07 bits per heavy atom. The van der Waals surface area contributed by atoms with E-state index in [0.29, 0.717) is 0 Å². The van der Waals surface area contributed by atoms with Crippen LogP contribution >= 0.6 is 0 Å². The van der Waals surface area contributed by atoms with Gasteiger partial charge in [-0.3, -0.25) is 14.2 Å². The quantitative estimate of drug-likeness (QED) is 0.676. The molecule has 0 unspecified atom stereocenters. The first-order valence-electron chi connectivity index (χ1n) is 4.28. The van der Waals surface area contributed by atoms with E-state index in [-0.39, 0.29) is 35.0 Å².